The maximum Gasteiger partial charge on any atom is 0.139 e. The minimum atomic E-state index is 0.901. The van der Waals surface area contributed by atoms with Crippen molar-refractivity contribution in [3.05, 3.63) is 158 Å². The van der Waals surface area contributed by atoms with Gasteiger partial charge >= 0.3 is 0 Å². The van der Waals surface area contributed by atoms with Crippen LogP contribution in [0.15, 0.2) is 158 Å². The van der Waals surface area contributed by atoms with Gasteiger partial charge in [0.2, 0.25) is 0 Å². The number of para-hydroxylation sites is 3. The van der Waals surface area contributed by atoms with E-state index in [2.05, 4.69) is 155 Å². The molecule has 11 rings (SSSR count). The van der Waals surface area contributed by atoms with Gasteiger partial charge in [-0.25, -0.2) is 4.98 Å². The molecule has 4 nitrogen and oxygen atoms in total. The van der Waals surface area contributed by atoms with Crippen LogP contribution in [0.25, 0.3) is 99.5 Å². The van der Waals surface area contributed by atoms with Crippen molar-refractivity contribution >= 4 is 54.4 Å². The van der Waals surface area contributed by atoms with E-state index in [-0.39, 0.29) is 0 Å². The Bertz CT molecular complexity index is 2950. The van der Waals surface area contributed by atoms with Gasteiger partial charge in [-0.3, -0.25) is 9.55 Å². The first-order chi connectivity index (χ1) is 23.8. The SMILES string of the molecule is c1ccc(-n2c3ccccc3c3cc(-c4ccc5c6ccccc6n(-c6cc7cccc8c7c(n6)-c6ncccc6-8)c5c4)ccc32)cc1. The minimum absolute atomic E-state index is 0.901. The summed E-state index contributed by atoms with van der Waals surface area (Å²) >= 11 is 0. The van der Waals surface area contributed by atoms with Crippen LogP contribution in [0.3, 0.4) is 0 Å². The highest BCUT2D eigenvalue weighted by molar-refractivity contribution is 6.15. The Morgan fingerprint density at radius 2 is 1.10 bits per heavy atom. The second-order valence-electron chi connectivity index (χ2n) is 12.6. The van der Waals surface area contributed by atoms with Crippen LogP contribution < -0.4 is 0 Å². The summed E-state index contributed by atoms with van der Waals surface area (Å²) in [4.78, 5) is 10.2. The molecule has 1 aliphatic rings. The molecule has 0 spiro atoms. The third-order valence-corrected chi connectivity index (χ3v) is 10.1. The average Bonchev–Trinajstić information content (AvgIpc) is 3.78. The van der Waals surface area contributed by atoms with Crippen LogP contribution in [-0.4, -0.2) is 19.1 Å². The number of nitrogens with zero attached hydrogens (tertiary/aromatic N) is 4. The van der Waals surface area contributed by atoms with Gasteiger partial charge in [-0.1, -0.05) is 97.1 Å². The van der Waals surface area contributed by atoms with E-state index in [1.54, 1.807) is 0 Å². The summed E-state index contributed by atoms with van der Waals surface area (Å²) in [5.41, 5.74) is 12.5. The summed E-state index contributed by atoms with van der Waals surface area (Å²) in [6, 6.07) is 54.6. The molecule has 0 radical (unpaired) electrons. The largest absolute Gasteiger partial charge is 0.309 e. The van der Waals surface area contributed by atoms with Crippen LogP contribution in [0.1, 0.15) is 0 Å². The highest BCUT2D eigenvalue weighted by Gasteiger charge is 2.25. The third-order valence-electron chi connectivity index (χ3n) is 10.1. The van der Waals surface area contributed by atoms with Crippen molar-refractivity contribution in [3.8, 4) is 45.1 Å². The molecule has 0 saturated carbocycles. The molecule has 1 aliphatic carbocycles. The van der Waals surface area contributed by atoms with E-state index >= 15 is 0 Å². The monoisotopic (exact) mass is 610 g/mol. The Hall–Kier alpha value is -6.52. The number of hydrogen-bond donors (Lipinski definition) is 0. The molecule has 4 aromatic heterocycles. The normalized spacial score (nSPS) is 12.2. The number of pyridine rings is 2. The zero-order valence-corrected chi connectivity index (χ0v) is 25.8. The molecule has 6 aromatic carbocycles. The van der Waals surface area contributed by atoms with Crippen molar-refractivity contribution < 1.29 is 0 Å². The second kappa shape index (κ2) is 9.50. The molecule has 10 aromatic rings. The smallest absolute Gasteiger partial charge is 0.139 e. The molecular formula is C44H26N4. The Labute approximate surface area is 275 Å². The molecule has 4 heterocycles. The summed E-state index contributed by atoms with van der Waals surface area (Å²) in [5, 5.41) is 7.27. The quantitative estimate of drug-likeness (QED) is 0.199. The summed E-state index contributed by atoms with van der Waals surface area (Å²) in [7, 11) is 0. The maximum absolute atomic E-state index is 5.36. The van der Waals surface area contributed by atoms with Crippen LogP contribution in [-0.2, 0) is 0 Å². The first-order valence-electron chi connectivity index (χ1n) is 16.3. The lowest BCUT2D eigenvalue weighted by Crippen LogP contribution is -1.99. The van der Waals surface area contributed by atoms with Gasteiger partial charge in [-0.2, -0.15) is 0 Å². The third kappa shape index (κ3) is 3.43. The van der Waals surface area contributed by atoms with Crippen molar-refractivity contribution in [1.29, 1.82) is 0 Å². The predicted octanol–water partition coefficient (Wildman–Crippen LogP) is 11.1. The van der Waals surface area contributed by atoms with Gasteiger partial charge in [-0.05, 0) is 76.7 Å². The van der Waals surface area contributed by atoms with Crippen molar-refractivity contribution in [2.75, 3.05) is 0 Å². The Morgan fingerprint density at radius 1 is 0.417 bits per heavy atom. The average molecular weight is 611 g/mol. The molecule has 222 valence electrons. The van der Waals surface area contributed by atoms with E-state index in [1.807, 2.05) is 12.3 Å². The molecule has 0 amide bonds. The van der Waals surface area contributed by atoms with E-state index in [1.165, 1.54) is 65.7 Å². The lowest BCUT2D eigenvalue weighted by molar-refractivity contribution is 1.09. The van der Waals surface area contributed by atoms with Crippen molar-refractivity contribution in [2.45, 2.75) is 0 Å². The van der Waals surface area contributed by atoms with Crippen molar-refractivity contribution in [2.24, 2.45) is 0 Å². The fourth-order valence-corrected chi connectivity index (χ4v) is 8.02. The van der Waals surface area contributed by atoms with Gasteiger partial charge in [0, 0.05) is 44.4 Å². The highest BCUT2D eigenvalue weighted by atomic mass is 15.1. The van der Waals surface area contributed by atoms with E-state index in [0.29, 0.717) is 0 Å². The van der Waals surface area contributed by atoms with Gasteiger partial charge in [0.1, 0.15) is 11.5 Å². The van der Waals surface area contributed by atoms with Gasteiger partial charge in [0.05, 0.1) is 27.8 Å². The molecule has 0 fully saturated rings. The zero-order valence-electron chi connectivity index (χ0n) is 25.8. The molecule has 4 heteroatoms. The van der Waals surface area contributed by atoms with Crippen LogP contribution in [0.5, 0.6) is 0 Å². The first-order valence-corrected chi connectivity index (χ1v) is 16.3. The van der Waals surface area contributed by atoms with E-state index < -0.39 is 0 Å². The molecule has 0 bridgehead atoms. The van der Waals surface area contributed by atoms with Gasteiger partial charge < -0.3 is 4.57 Å². The summed E-state index contributed by atoms with van der Waals surface area (Å²) in [5.74, 6) is 0.901. The van der Waals surface area contributed by atoms with Gasteiger partial charge in [0.25, 0.3) is 0 Å². The maximum atomic E-state index is 5.36. The van der Waals surface area contributed by atoms with Gasteiger partial charge in [0.15, 0.2) is 0 Å². The van der Waals surface area contributed by atoms with Crippen LogP contribution in [0, 0.1) is 0 Å². The van der Waals surface area contributed by atoms with E-state index in [0.717, 1.165) is 33.8 Å². The molecule has 0 saturated heterocycles. The molecule has 0 N–H and O–H groups in total. The van der Waals surface area contributed by atoms with Crippen LogP contribution in [0.2, 0.25) is 0 Å². The Morgan fingerprint density at radius 3 is 1.98 bits per heavy atom. The summed E-state index contributed by atoms with van der Waals surface area (Å²) in [6.07, 6.45) is 1.87. The lowest BCUT2D eigenvalue weighted by Gasteiger charge is -2.11. The zero-order chi connectivity index (χ0) is 31.3. The fraction of sp³-hybridized carbons (Fsp3) is 0. The molecule has 0 unspecified atom stereocenters. The van der Waals surface area contributed by atoms with E-state index in [9.17, 15) is 0 Å². The topological polar surface area (TPSA) is 35.6 Å². The Kier molecular flexibility index (Phi) is 5.08. The number of aromatic nitrogens is 4. The molecule has 0 aliphatic heterocycles. The van der Waals surface area contributed by atoms with Crippen molar-refractivity contribution in [1.82, 2.24) is 19.1 Å². The molecule has 48 heavy (non-hydrogen) atoms. The summed E-state index contributed by atoms with van der Waals surface area (Å²) in [6.45, 7) is 0. The summed E-state index contributed by atoms with van der Waals surface area (Å²) < 4.78 is 4.70. The fourth-order valence-electron chi connectivity index (χ4n) is 8.02. The van der Waals surface area contributed by atoms with Gasteiger partial charge in [-0.15, -0.1) is 0 Å². The van der Waals surface area contributed by atoms with Crippen molar-refractivity contribution in [3.63, 3.8) is 0 Å². The molecular weight excluding hydrogens is 585 g/mol. The number of rotatable bonds is 3. The second-order valence-corrected chi connectivity index (χ2v) is 12.6. The van der Waals surface area contributed by atoms with Crippen LogP contribution in [0.4, 0.5) is 0 Å². The Balaban J connectivity index is 1.15. The van der Waals surface area contributed by atoms with E-state index in [4.69, 9.17) is 9.97 Å². The molecule has 0 atom stereocenters. The number of fused-ring (bicyclic) bond motifs is 9. The minimum Gasteiger partial charge on any atom is -0.309 e. The lowest BCUT2D eigenvalue weighted by atomic mass is 10.0. The predicted molar refractivity (Wildman–Crippen MR) is 198 cm³/mol. The number of hydrogen-bond acceptors (Lipinski definition) is 2. The first kappa shape index (κ1) is 25.6. The standard InChI is InChI=1S/C44H26N4/c1-2-11-30(12-3-1)47-37-17-6-5-14-32(37)36-24-27(20-22-39(36)47)28-19-21-33-31-13-4-7-18-38(31)48(40(33)25-28)41-26-29-10-8-15-34-35-16-9-23-45-43(35)44(46-41)42(29)34/h1-26H. The van der Waals surface area contributed by atoms with Crippen LogP contribution >= 0.6 is 0 Å². The highest BCUT2D eigenvalue weighted by Crippen LogP contribution is 2.46. The number of benzene rings is 6.